The molecule has 21 heavy (non-hydrogen) atoms. The molecular formula is C13H18ClF4NO2. The van der Waals surface area contributed by atoms with Crippen molar-refractivity contribution in [3.8, 4) is 5.75 Å². The summed E-state index contributed by atoms with van der Waals surface area (Å²) in [6.45, 7) is 2.95. The molecule has 1 aromatic rings. The van der Waals surface area contributed by atoms with Crippen molar-refractivity contribution in [2.75, 3.05) is 6.61 Å². The Hall–Kier alpha value is -1.05. The molecule has 122 valence electrons. The first-order valence-corrected chi connectivity index (χ1v) is 5.92. The SMILES string of the molecule is CC(C)(CO)[C@H](N)c1ccccc1OC(F)(F)C(F)F.Cl. The van der Waals surface area contributed by atoms with Crippen molar-refractivity contribution >= 4 is 12.4 Å². The molecule has 8 heteroatoms. The van der Waals surface area contributed by atoms with Crippen LogP contribution in [-0.2, 0) is 0 Å². The van der Waals surface area contributed by atoms with Crippen LogP contribution in [0.5, 0.6) is 5.75 Å². The summed E-state index contributed by atoms with van der Waals surface area (Å²) in [5, 5.41) is 9.25. The minimum atomic E-state index is -4.60. The van der Waals surface area contributed by atoms with Gasteiger partial charge < -0.3 is 15.6 Å². The van der Waals surface area contributed by atoms with E-state index in [1.807, 2.05) is 0 Å². The summed E-state index contributed by atoms with van der Waals surface area (Å²) in [6, 6.07) is 4.59. The third kappa shape index (κ3) is 4.72. The minimum Gasteiger partial charge on any atom is -0.428 e. The maximum atomic E-state index is 13.0. The maximum absolute atomic E-state index is 13.0. The van der Waals surface area contributed by atoms with Crippen molar-refractivity contribution in [3.05, 3.63) is 29.8 Å². The van der Waals surface area contributed by atoms with Gasteiger partial charge in [-0.05, 0) is 6.07 Å². The van der Waals surface area contributed by atoms with Gasteiger partial charge in [0.25, 0.3) is 0 Å². The van der Waals surface area contributed by atoms with Crippen LogP contribution in [0.3, 0.4) is 0 Å². The normalized spacial score (nSPS) is 13.8. The number of nitrogens with two attached hydrogens (primary N) is 1. The molecule has 0 radical (unpaired) electrons. The van der Waals surface area contributed by atoms with E-state index in [9.17, 15) is 22.7 Å². The fourth-order valence-corrected chi connectivity index (χ4v) is 1.54. The molecule has 0 amide bonds. The van der Waals surface area contributed by atoms with Crippen molar-refractivity contribution < 1.29 is 27.4 Å². The number of aliphatic hydroxyl groups excluding tert-OH is 1. The zero-order valence-electron chi connectivity index (χ0n) is 11.5. The van der Waals surface area contributed by atoms with Gasteiger partial charge in [0.1, 0.15) is 5.75 Å². The Kier molecular flexibility index (Phi) is 6.92. The molecule has 0 bridgehead atoms. The molecule has 1 atom stereocenters. The Morgan fingerprint density at radius 3 is 2.24 bits per heavy atom. The highest BCUT2D eigenvalue weighted by Gasteiger charge is 2.44. The molecule has 3 N–H and O–H groups in total. The van der Waals surface area contributed by atoms with E-state index < -0.39 is 29.7 Å². The number of halogens is 5. The molecule has 1 aromatic carbocycles. The number of rotatable bonds is 6. The van der Waals surface area contributed by atoms with Gasteiger partial charge in [-0.25, -0.2) is 0 Å². The van der Waals surface area contributed by atoms with Gasteiger partial charge >= 0.3 is 12.5 Å². The monoisotopic (exact) mass is 331 g/mol. The molecule has 0 unspecified atom stereocenters. The highest BCUT2D eigenvalue weighted by molar-refractivity contribution is 5.85. The summed E-state index contributed by atoms with van der Waals surface area (Å²) in [7, 11) is 0. The lowest BCUT2D eigenvalue weighted by Crippen LogP contribution is -2.36. The number of hydrogen-bond donors (Lipinski definition) is 2. The average Bonchev–Trinajstić information content (AvgIpc) is 2.38. The zero-order chi connectivity index (χ0) is 15.6. The van der Waals surface area contributed by atoms with Gasteiger partial charge in [-0.1, -0.05) is 32.0 Å². The smallest absolute Gasteiger partial charge is 0.428 e. The first-order valence-electron chi connectivity index (χ1n) is 5.92. The van der Waals surface area contributed by atoms with Gasteiger partial charge in [0.15, 0.2) is 0 Å². The Morgan fingerprint density at radius 2 is 1.76 bits per heavy atom. The van der Waals surface area contributed by atoms with Crippen LogP contribution in [0.1, 0.15) is 25.5 Å². The van der Waals surface area contributed by atoms with Gasteiger partial charge in [-0.15, -0.1) is 12.4 Å². The molecule has 0 aromatic heterocycles. The number of benzene rings is 1. The zero-order valence-corrected chi connectivity index (χ0v) is 12.3. The summed E-state index contributed by atoms with van der Waals surface area (Å²) >= 11 is 0. The molecule has 0 aliphatic heterocycles. The second-order valence-corrected chi connectivity index (χ2v) is 5.13. The van der Waals surface area contributed by atoms with E-state index in [4.69, 9.17) is 5.73 Å². The van der Waals surface area contributed by atoms with Crippen LogP contribution in [0, 0.1) is 5.41 Å². The van der Waals surface area contributed by atoms with Gasteiger partial charge in [0.2, 0.25) is 0 Å². The third-order valence-corrected chi connectivity index (χ3v) is 3.00. The quantitative estimate of drug-likeness (QED) is 0.786. The maximum Gasteiger partial charge on any atom is 0.461 e. The summed E-state index contributed by atoms with van der Waals surface area (Å²) < 4.78 is 54.5. The van der Waals surface area contributed by atoms with Gasteiger partial charge in [-0.2, -0.15) is 17.6 Å². The Morgan fingerprint density at radius 1 is 1.24 bits per heavy atom. The highest BCUT2D eigenvalue weighted by Crippen LogP contribution is 2.38. The first-order chi connectivity index (χ1) is 9.12. The number of para-hydroxylation sites is 1. The van der Waals surface area contributed by atoms with Crippen molar-refractivity contribution in [1.29, 1.82) is 0 Å². The standard InChI is InChI=1S/C13H17F4NO2.ClH/c1-12(2,7-19)10(18)8-5-3-4-6-9(8)20-13(16,17)11(14)15;/h3-6,10-11,19H,7,18H2,1-2H3;1H/t10-;/m1./s1. The summed E-state index contributed by atoms with van der Waals surface area (Å²) in [4.78, 5) is 0. The van der Waals surface area contributed by atoms with E-state index in [1.54, 1.807) is 13.8 Å². The van der Waals surface area contributed by atoms with Gasteiger partial charge in [0.05, 0.1) is 0 Å². The second-order valence-electron chi connectivity index (χ2n) is 5.13. The molecule has 0 spiro atoms. The van der Waals surface area contributed by atoms with Crippen molar-refractivity contribution in [1.82, 2.24) is 0 Å². The molecular weight excluding hydrogens is 314 g/mol. The minimum absolute atomic E-state index is 0. The molecule has 1 rings (SSSR count). The molecule has 0 saturated carbocycles. The molecule has 0 fully saturated rings. The van der Waals surface area contributed by atoms with E-state index in [0.29, 0.717) is 0 Å². The fourth-order valence-electron chi connectivity index (χ4n) is 1.54. The number of hydrogen-bond acceptors (Lipinski definition) is 3. The van der Waals surface area contributed by atoms with Crippen LogP contribution in [-0.4, -0.2) is 24.2 Å². The van der Waals surface area contributed by atoms with E-state index >= 15 is 0 Å². The fraction of sp³-hybridized carbons (Fsp3) is 0.538. The van der Waals surface area contributed by atoms with Crippen LogP contribution in [0.2, 0.25) is 0 Å². The van der Waals surface area contributed by atoms with Gasteiger partial charge in [-0.3, -0.25) is 0 Å². The van der Waals surface area contributed by atoms with Crippen LogP contribution in [0.25, 0.3) is 0 Å². The van der Waals surface area contributed by atoms with Crippen LogP contribution >= 0.6 is 12.4 Å². The van der Waals surface area contributed by atoms with Gasteiger partial charge in [0, 0.05) is 23.6 Å². The molecule has 0 saturated heterocycles. The molecule has 0 aliphatic carbocycles. The number of aliphatic hydroxyl groups is 1. The molecule has 0 aliphatic rings. The topological polar surface area (TPSA) is 55.5 Å². The van der Waals surface area contributed by atoms with E-state index in [0.717, 1.165) is 6.07 Å². The lowest BCUT2D eigenvalue weighted by atomic mass is 9.81. The van der Waals surface area contributed by atoms with E-state index in [2.05, 4.69) is 4.74 Å². The lowest BCUT2D eigenvalue weighted by molar-refractivity contribution is -0.253. The predicted octanol–water partition coefficient (Wildman–Crippen LogP) is 3.36. The number of alkyl halides is 4. The third-order valence-electron chi connectivity index (χ3n) is 3.00. The van der Waals surface area contributed by atoms with Crippen molar-refractivity contribution in [2.24, 2.45) is 11.1 Å². The summed E-state index contributed by atoms with van der Waals surface area (Å²) in [5.41, 5.74) is 5.22. The Labute approximate surface area is 126 Å². The Bertz CT molecular complexity index is 458. The van der Waals surface area contributed by atoms with Crippen LogP contribution in [0.4, 0.5) is 17.6 Å². The predicted molar refractivity (Wildman–Crippen MR) is 73.1 cm³/mol. The van der Waals surface area contributed by atoms with E-state index in [-0.39, 0.29) is 24.6 Å². The lowest BCUT2D eigenvalue weighted by Gasteiger charge is -2.31. The van der Waals surface area contributed by atoms with Crippen LogP contribution in [0.15, 0.2) is 24.3 Å². The Balaban J connectivity index is 0.00000400. The average molecular weight is 332 g/mol. The van der Waals surface area contributed by atoms with Crippen molar-refractivity contribution in [2.45, 2.75) is 32.4 Å². The number of ether oxygens (including phenoxy) is 1. The second kappa shape index (κ2) is 7.29. The molecule has 0 heterocycles. The highest BCUT2D eigenvalue weighted by atomic mass is 35.5. The largest absolute Gasteiger partial charge is 0.461 e. The summed E-state index contributed by atoms with van der Waals surface area (Å²) in [6.07, 6.45) is -8.54. The van der Waals surface area contributed by atoms with E-state index in [1.165, 1.54) is 18.2 Å². The van der Waals surface area contributed by atoms with Crippen LogP contribution < -0.4 is 10.5 Å². The molecule has 3 nitrogen and oxygen atoms in total. The first kappa shape index (κ1) is 19.9. The summed E-state index contributed by atoms with van der Waals surface area (Å²) in [5.74, 6) is -0.424. The van der Waals surface area contributed by atoms with Crippen molar-refractivity contribution in [3.63, 3.8) is 0 Å².